The largest absolute Gasteiger partial charge is 0.318 e. The number of rotatable bonds is 8. The molecule has 0 radical (unpaired) electrons. The Balaban J connectivity index is 0.936. The first kappa shape index (κ1) is 42.4. The summed E-state index contributed by atoms with van der Waals surface area (Å²) in [5, 5.41) is 2.52. The van der Waals surface area contributed by atoms with Gasteiger partial charge >= 0.3 is 0 Å². The molecule has 0 bridgehead atoms. The molecule has 1 aromatic heterocycles. The molecule has 2 nitrogen and oxygen atoms in total. The van der Waals surface area contributed by atoms with Crippen molar-refractivity contribution >= 4 is 38.6 Å². The quantitative estimate of drug-likeness (QED) is 0.147. The third kappa shape index (κ3) is 6.35. The van der Waals surface area contributed by atoms with Crippen LogP contribution in [0.3, 0.4) is 0 Å². The van der Waals surface area contributed by atoms with Crippen LogP contribution in [0.5, 0.6) is 0 Å². The first-order valence-electron chi connectivity index (χ1n) is 25.7. The molecule has 0 amide bonds. The molecule has 1 heterocycles. The van der Waals surface area contributed by atoms with E-state index in [1.165, 1.54) is 111 Å². The smallest absolute Gasteiger partial charge is 0.0541 e. The highest BCUT2D eigenvalue weighted by atomic mass is 15.2. The van der Waals surface area contributed by atoms with Gasteiger partial charge in [-0.05, 0) is 146 Å². The summed E-state index contributed by atoms with van der Waals surface area (Å²) in [6, 6.07) is 85.9. The number of para-hydroxylation sites is 2. The van der Waals surface area contributed by atoms with Gasteiger partial charge in [-0.15, -0.1) is 0 Å². The highest BCUT2D eigenvalue weighted by Gasteiger charge is 2.54. The third-order valence-electron chi connectivity index (χ3n) is 16.9. The average Bonchev–Trinajstić information content (AvgIpc) is 4.03. The molecule has 2 atom stereocenters. The Labute approximate surface area is 422 Å². The van der Waals surface area contributed by atoms with E-state index in [9.17, 15) is 0 Å². The van der Waals surface area contributed by atoms with E-state index in [4.69, 9.17) is 0 Å². The lowest BCUT2D eigenvalue weighted by Crippen LogP contribution is -2.37. The Bertz CT molecular complexity index is 3830. The second-order valence-corrected chi connectivity index (χ2v) is 20.8. The number of hydrogen-bond acceptors (Lipinski definition) is 1. The minimum Gasteiger partial charge on any atom is -0.318 e. The molecule has 0 aliphatic heterocycles. The molecular weight excluding hydrogens is 869 g/mol. The summed E-state index contributed by atoms with van der Waals surface area (Å²) in [5.74, 6) is 0.477. The van der Waals surface area contributed by atoms with Crippen LogP contribution in [0, 0.1) is 11.8 Å². The van der Waals surface area contributed by atoms with Gasteiger partial charge in [0.25, 0.3) is 0 Å². The zero-order chi connectivity index (χ0) is 48.0. The Kier molecular flexibility index (Phi) is 9.77. The maximum absolute atomic E-state index is 2.64. The van der Waals surface area contributed by atoms with Crippen molar-refractivity contribution in [2.75, 3.05) is 4.90 Å². The van der Waals surface area contributed by atoms with Gasteiger partial charge in [0.15, 0.2) is 0 Å². The Morgan fingerprint density at radius 2 is 0.972 bits per heavy atom. The second-order valence-electron chi connectivity index (χ2n) is 20.8. The lowest BCUT2D eigenvalue weighted by molar-refractivity contribution is 0.405. The molecule has 2 unspecified atom stereocenters. The van der Waals surface area contributed by atoms with E-state index in [0.29, 0.717) is 5.92 Å². The summed E-state index contributed by atoms with van der Waals surface area (Å²) < 4.78 is 2.39. The van der Waals surface area contributed by atoms with Crippen molar-refractivity contribution in [1.82, 2.24) is 4.57 Å². The van der Waals surface area contributed by atoms with E-state index >= 15 is 0 Å². The number of benzene rings is 9. The molecule has 10 aromatic rings. The predicted octanol–water partition coefficient (Wildman–Crippen LogP) is 17.5. The van der Waals surface area contributed by atoms with Crippen LogP contribution in [-0.4, -0.2) is 4.57 Å². The fourth-order valence-electron chi connectivity index (χ4n) is 13.6. The second kappa shape index (κ2) is 16.6. The van der Waals surface area contributed by atoms with E-state index in [0.717, 1.165) is 12.8 Å². The number of allylic oxidation sites excluding steroid dienone is 8. The van der Waals surface area contributed by atoms with Crippen LogP contribution in [-0.2, 0) is 10.8 Å². The molecule has 72 heavy (non-hydrogen) atoms. The van der Waals surface area contributed by atoms with Crippen LogP contribution >= 0.6 is 0 Å². The minimum atomic E-state index is -0.436. The van der Waals surface area contributed by atoms with Gasteiger partial charge in [0.05, 0.1) is 16.4 Å². The topological polar surface area (TPSA) is 8.17 Å². The van der Waals surface area contributed by atoms with E-state index in [1.807, 2.05) is 0 Å². The van der Waals surface area contributed by atoms with Crippen molar-refractivity contribution in [2.45, 2.75) is 37.5 Å². The SMILES string of the molecule is CC1(C)c2ccccc2C2=CC=C(N(C3=CC=C4c5c(-c6ccccc6)cccc5C(c5ccccc5)(c5ccccc5)C4C3)c3ccc(-c4ccc5c(c4)c4ccccc4n5-c4ccccc4)cc3)CC21. The van der Waals surface area contributed by atoms with E-state index in [-0.39, 0.29) is 11.3 Å². The lowest BCUT2D eigenvalue weighted by atomic mass is 9.62. The van der Waals surface area contributed by atoms with Crippen molar-refractivity contribution < 1.29 is 0 Å². The number of hydrogen-bond donors (Lipinski definition) is 0. The van der Waals surface area contributed by atoms with Crippen LogP contribution in [0.1, 0.15) is 60.1 Å². The molecule has 4 aliphatic rings. The predicted molar refractivity (Wildman–Crippen MR) is 301 cm³/mol. The van der Waals surface area contributed by atoms with Crippen LogP contribution < -0.4 is 4.90 Å². The monoisotopic (exact) mass is 922 g/mol. The number of anilines is 1. The maximum atomic E-state index is 2.64. The molecule has 0 saturated heterocycles. The molecule has 2 heteroatoms. The van der Waals surface area contributed by atoms with Crippen molar-refractivity contribution in [2.24, 2.45) is 11.8 Å². The fraction of sp³-hybridized carbons (Fsp3) is 0.114. The molecule has 0 saturated carbocycles. The van der Waals surface area contributed by atoms with E-state index in [2.05, 4.69) is 278 Å². The lowest BCUT2D eigenvalue weighted by Gasteiger charge is -2.42. The molecule has 9 aromatic carbocycles. The van der Waals surface area contributed by atoms with Gasteiger partial charge in [-0.1, -0.05) is 214 Å². The molecule has 0 spiro atoms. The summed E-state index contributed by atoms with van der Waals surface area (Å²) >= 11 is 0. The van der Waals surface area contributed by atoms with Crippen molar-refractivity contribution in [3.63, 3.8) is 0 Å². The van der Waals surface area contributed by atoms with Gasteiger partial charge in [0, 0.05) is 39.5 Å². The normalized spacial score (nSPS) is 18.0. The highest BCUT2D eigenvalue weighted by molar-refractivity contribution is 6.10. The highest BCUT2D eigenvalue weighted by Crippen LogP contribution is 2.63. The van der Waals surface area contributed by atoms with E-state index in [1.54, 1.807) is 0 Å². The third-order valence-corrected chi connectivity index (χ3v) is 16.9. The number of aromatic nitrogens is 1. The Hall–Kier alpha value is -8.46. The van der Waals surface area contributed by atoms with Crippen LogP contribution in [0.2, 0.25) is 0 Å². The van der Waals surface area contributed by atoms with Gasteiger partial charge in [0.1, 0.15) is 0 Å². The number of fused-ring (bicyclic) bond motifs is 9. The van der Waals surface area contributed by atoms with Gasteiger partial charge in [0.2, 0.25) is 0 Å². The standard InChI is InChI=1S/C70H54N2/c1-69(2)62-31-17-15-28-57(62)58-41-39-54(45-64(58)69)71(53-37-34-47(35-38-53)49-36-43-67-61(44-49)59-29-16-18-33-66(59)72(67)52-26-13-6-14-27-52)55-40-42-60-65(46-55)70(50-22-9-4-10-23-50,51-24-11-5-12-25-51)63-32-19-30-56(68(60)63)48-20-7-3-8-21-48/h3-44,64-65H,45-46H2,1-2H3. The average molecular weight is 923 g/mol. The van der Waals surface area contributed by atoms with Gasteiger partial charge in [-0.2, -0.15) is 0 Å². The maximum Gasteiger partial charge on any atom is 0.0541 e. The molecule has 14 rings (SSSR count). The summed E-state index contributed by atoms with van der Waals surface area (Å²) in [7, 11) is 0. The van der Waals surface area contributed by atoms with Gasteiger partial charge in [-0.3, -0.25) is 0 Å². The Morgan fingerprint density at radius 1 is 0.417 bits per heavy atom. The van der Waals surface area contributed by atoms with E-state index < -0.39 is 5.41 Å². The molecule has 0 N–H and O–H groups in total. The minimum absolute atomic E-state index is 0.00946. The molecule has 344 valence electrons. The summed E-state index contributed by atoms with van der Waals surface area (Å²) in [6.45, 7) is 4.91. The zero-order valence-electron chi connectivity index (χ0n) is 40.7. The van der Waals surface area contributed by atoms with Gasteiger partial charge in [-0.25, -0.2) is 0 Å². The fourth-order valence-corrected chi connectivity index (χ4v) is 13.6. The number of nitrogens with zero attached hydrogens (tertiary/aromatic N) is 2. The molecular formula is C70H54N2. The first-order chi connectivity index (χ1) is 35.5. The summed E-state index contributed by atoms with van der Waals surface area (Å²) in [4.78, 5) is 2.64. The van der Waals surface area contributed by atoms with Crippen LogP contribution in [0.15, 0.2) is 266 Å². The zero-order valence-corrected chi connectivity index (χ0v) is 40.7. The van der Waals surface area contributed by atoms with Gasteiger partial charge < -0.3 is 9.47 Å². The molecule has 4 aliphatic carbocycles. The van der Waals surface area contributed by atoms with Crippen molar-refractivity contribution in [3.8, 4) is 27.9 Å². The van der Waals surface area contributed by atoms with Crippen LogP contribution in [0.4, 0.5) is 5.69 Å². The van der Waals surface area contributed by atoms with Crippen LogP contribution in [0.25, 0.3) is 60.9 Å². The molecule has 0 fully saturated rings. The summed E-state index contributed by atoms with van der Waals surface area (Å²) in [5.41, 5.74) is 23.1. The Morgan fingerprint density at radius 3 is 1.69 bits per heavy atom. The summed E-state index contributed by atoms with van der Waals surface area (Å²) in [6.07, 6.45) is 11.6. The van der Waals surface area contributed by atoms with Crippen molar-refractivity contribution in [3.05, 3.63) is 300 Å². The van der Waals surface area contributed by atoms with Crippen molar-refractivity contribution in [1.29, 1.82) is 0 Å². The first-order valence-corrected chi connectivity index (χ1v) is 25.7.